The third-order valence-electron chi connectivity index (χ3n) is 2.31. The quantitative estimate of drug-likeness (QED) is 0.731. The number of aryl methyl sites for hydroxylation is 1. The Morgan fingerprint density at radius 2 is 2.17 bits per heavy atom. The van der Waals surface area contributed by atoms with Gasteiger partial charge >= 0.3 is 0 Å². The maximum atomic E-state index is 9.17. The summed E-state index contributed by atoms with van der Waals surface area (Å²) in [7, 11) is 0. The molecule has 1 N–H and O–H groups in total. The van der Waals surface area contributed by atoms with Crippen LogP contribution in [0.15, 0.2) is 18.3 Å². The summed E-state index contributed by atoms with van der Waals surface area (Å²) in [5.41, 5.74) is 1.21. The zero-order chi connectivity index (χ0) is 9.14. The van der Waals surface area contributed by atoms with Crippen molar-refractivity contribution in [3.8, 4) is 0 Å². The molecule has 2 nitrogen and oxygen atoms in total. The molecular weight excluding hydrogens is 150 g/mol. The standard InChI is InChI=1S/C10H17NO/c1-8(2)10(7-12)11-6-4-5-9(11)3/h4-6,8,10,12H,7H2,1-3H3/t10-/m0/s1. The summed E-state index contributed by atoms with van der Waals surface area (Å²) in [5, 5.41) is 9.17. The van der Waals surface area contributed by atoms with Crippen LogP contribution in [-0.4, -0.2) is 16.3 Å². The Bertz CT molecular complexity index is 240. The molecular formula is C10H17NO. The number of rotatable bonds is 3. The van der Waals surface area contributed by atoms with Crippen LogP contribution in [0.3, 0.4) is 0 Å². The second-order valence-electron chi connectivity index (χ2n) is 3.55. The van der Waals surface area contributed by atoms with Crippen molar-refractivity contribution in [2.24, 2.45) is 5.92 Å². The normalized spacial score (nSPS) is 13.8. The van der Waals surface area contributed by atoms with E-state index >= 15 is 0 Å². The van der Waals surface area contributed by atoms with Gasteiger partial charge in [-0.3, -0.25) is 0 Å². The summed E-state index contributed by atoms with van der Waals surface area (Å²) in [6.45, 7) is 6.53. The first kappa shape index (κ1) is 9.33. The molecule has 0 aliphatic heterocycles. The van der Waals surface area contributed by atoms with Gasteiger partial charge in [0.15, 0.2) is 0 Å². The smallest absolute Gasteiger partial charge is 0.0641 e. The van der Waals surface area contributed by atoms with Gasteiger partial charge in [-0.2, -0.15) is 0 Å². The SMILES string of the molecule is Cc1cccn1[C@@H](CO)C(C)C. The summed E-state index contributed by atoms with van der Waals surface area (Å²) >= 11 is 0. The van der Waals surface area contributed by atoms with Crippen molar-refractivity contribution in [3.05, 3.63) is 24.0 Å². The van der Waals surface area contributed by atoms with Gasteiger partial charge < -0.3 is 9.67 Å². The molecule has 1 aromatic heterocycles. The van der Waals surface area contributed by atoms with E-state index in [0.717, 1.165) is 0 Å². The van der Waals surface area contributed by atoms with Gasteiger partial charge in [-0.25, -0.2) is 0 Å². The number of aliphatic hydroxyl groups excluding tert-OH is 1. The molecule has 0 fully saturated rings. The Hall–Kier alpha value is -0.760. The van der Waals surface area contributed by atoms with E-state index in [1.807, 2.05) is 12.3 Å². The lowest BCUT2D eigenvalue weighted by molar-refractivity contribution is 0.191. The molecule has 0 amide bonds. The van der Waals surface area contributed by atoms with Gasteiger partial charge in [0.05, 0.1) is 12.6 Å². The van der Waals surface area contributed by atoms with E-state index in [1.54, 1.807) is 0 Å². The van der Waals surface area contributed by atoms with Crippen molar-refractivity contribution >= 4 is 0 Å². The van der Waals surface area contributed by atoms with Crippen LogP contribution in [0.1, 0.15) is 25.6 Å². The van der Waals surface area contributed by atoms with Crippen LogP contribution in [0.5, 0.6) is 0 Å². The van der Waals surface area contributed by atoms with Crippen LogP contribution in [0.25, 0.3) is 0 Å². The highest BCUT2D eigenvalue weighted by molar-refractivity contribution is 5.06. The molecule has 68 valence electrons. The molecule has 0 bridgehead atoms. The first-order chi connectivity index (χ1) is 5.66. The van der Waals surface area contributed by atoms with Gasteiger partial charge in [0, 0.05) is 11.9 Å². The lowest BCUT2D eigenvalue weighted by Gasteiger charge is -2.21. The first-order valence-corrected chi connectivity index (χ1v) is 4.41. The fourth-order valence-electron chi connectivity index (χ4n) is 1.47. The average Bonchev–Trinajstić information content (AvgIpc) is 2.38. The van der Waals surface area contributed by atoms with Crippen LogP contribution in [0, 0.1) is 12.8 Å². The van der Waals surface area contributed by atoms with Gasteiger partial charge in [0.2, 0.25) is 0 Å². The van der Waals surface area contributed by atoms with Crippen molar-refractivity contribution in [2.75, 3.05) is 6.61 Å². The average molecular weight is 167 g/mol. The third kappa shape index (κ3) is 1.69. The Kier molecular flexibility index (Phi) is 2.93. The van der Waals surface area contributed by atoms with Gasteiger partial charge in [-0.1, -0.05) is 13.8 Å². The predicted molar refractivity (Wildman–Crippen MR) is 50.1 cm³/mol. The molecule has 2 heteroatoms. The van der Waals surface area contributed by atoms with E-state index in [2.05, 4.69) is 31.4 Å². The largest absolute Gasteiger partial charge is 0.394 e. The summed E-state index contributed by atoms with van der Waals surface area (Å²) in [6, 6.07) is 4.30. The van der Waals surface area contributed by atoms with Crippen LogP contribution >= 0.6 is 0 Å². The van der Waals surface area contributed by atoms with E-state index in [9.17, 15) is 5.11 Å². The van der Waals surface area contributed by atoms with Crippen LogP contribution in [0.4, 0.5) is 0 Å². The van der Waals surface area contributed by atoms with E-state index in [4.69, 9.17) is 0 Å². The Morgan fingerprint density at radius 3 is 2.50 bits per heavy atom. The molecule has 0 aliphatic rings. The van der Waals surface area contributed by atoms with Gasteiger partial charge in [-0.15, -0.1) is 0 Å². The van der Waals surface area contributed by atoms with Crippen molar-refractivity contribution < 1.29 is 5.11 Å². The van der Waals surface area contributed by atoms with Crippen molar-refractivity contribution in [3.63, 3.8) is 0 Å². The lowest BCUT2D eigenvalue weighted by Crippen LogP contribution is -2.19. The summed E-state index contributed by atoms with van der Waals surface area (Å²) in [4.78, 5) is 0. The molecule has 0 radical (unpaired) electrons. The molecule has 1 aromatic rings. The maximum Gasteiger partial charge on any atom is 0.0641 e. The molecule has 1 heterocycles. The second-order valence-corrected chi connectivity index (χ2v) is 3.55. The highest BCUT2D eigenvalue weighted by Crippen LogP contribution is 2.18. The number of nitrogens with zero attached hydrogens (tertiary/aromatic N) is 1. The minimum absolute atomic E-state index is 0.215. The minimum Gasteiger partial charge on any atom is -0.394 e. The number of aliphatic hydroxyl groups is 1. The predicted octanol–water partition coefficient (Wildman–Crippen LogP) is 1.99. The number of hydrogen-bond donors (Lipinski definition) is 1. The third-order valence-corrected chi connectivity index (χ3v) is 2.31. The molecule has 1 atom stereocenters. The molecule has 0 saturated heterocycles. The van der Waals surface area contributed by atoms with E-state index in [-0.39, 0.29) is 12.6 Å². The highest BCUT2D eigenvalue weighted by Gasteiger charge is 2.14. The molecule has 0 unspecified atom stereocenters. The van der Waals surface area contributed by atoms with Gasteiger partial charge in [0.25, 0.3) is 0 Å². The van der Waals surface area contributed by atoms with Crippen molar-refractivity contribution in [2.45, 2.75) is 26.8 Å². The highest BCUT2D eigenvalue weighted by atomic mass is 16.3. The molecule has 0 spiro atoms. The minimum atomic E-state index is 0.215. The Morgan fingerprint density at radius 1 is 1.50 bits per heavy atom. The zero-order valence-electron chi connectivity index (χ0n) is 7.99. The molecule has 0 aliphatic carbocycles. The summed E-state index contributed by atoms with van der Waals surface area (Å²) in [6.07, 6.45) is 2.02. The van der Waals surface area contributed by atoms with Crippen molar-refractivity contribution in [1.82, 2.24) is 4.57 Å². The zero-order valence-corrected chi connectivity index (χ0v) is 7.99. The van der Waals surface area contributed by atoms with E-state index in [0.29, 0.717) is 5.92 Å². The summed E-state index contributed by atoms with van der Waals surface area (Å²) in [5.74, 6) is 0.473. The monoisotopic (exact) mass is 167 g/mol. The summed E-state index contributed by atoms with van der Waals surface area (Å²) < 4.78 is 2.13. The van der Waals surface area contributed by atoms with Crippen LogP contribution < -0.4 is 0 Å². The Balaban J connectivity index is 2.87. The fourth-order valence-corrected chi connectivity index (χ4v) is 1.47. The fraction of sp³-hybridized carbons (Fsp3) is 0.600. The molecule has 12 heavy (non-hydrogen) atoms. The second kappa shape index (κ2) is 3.76. The van der Waals surface area contributed by atoms with Crippen molar-refractivity contribution in [1.29, 1.82) is 0 Å². The number of aromatic nitrogens is 1. The van der Waals surface area contributed by atoms with E-state index < -0.39 is 0 Å². The lowest BCUT2D eigenvalue weighted by atomic mass is 10.1. The van der Waals surface area contributed by atoms with Gasteiger partial charge in [0.1, 0.15) is 0 Å². The maximum absolute atomic E-state index is 9.17. The molecule has 0 aromatic carbocycles. The molecule has 1 rings (SSSR count). The topological polar surface area (TPSA) is 25.2 Å². The van der Waals surface area contributed by atoms with E-state index in [1.165, 1.54) is 5.69 Å². The van der Waals surface area contributed by atoms with Gasteiger partial charge in [-0.05, 0) is 25.0 Å². The number of hydrogen-bond acceptors (Lipinski definition) is 1. The van der Waals surface area contributed by atoms with Crippen LogP contribution in [0.2, 0.25) is 0 Å². The first-order valence-electron chi connectivity index (χ1n) is 4.41. The molecule has 0 saturated carbocycles. The van der Waals surface area contributed by atoms with Crippen LogP contribution in [-0.2, 0) is 0 Å². The Labute approximate surface area is 73.8 Å².